The molecule has 17 heavy (non-hydrogen) atoms. The molecule has 0 fully saturated rings. The van der Waals surface area contributed by atoms with Gasteiger partial charge >= 0.3 is 5.97 Å². The van der Waals surface area contributed by atoms with Crippen molar-refractivity contribution < 1.29 is 14.6 Å². The second kappa shape index (κ2) is 6.94. The van der Waals surface area contributed by atoms with Gasteiger partial charge in [0.1, 0.15) is 5.75 Å². The zero-order valence-electron chi connectivity index (χ0n) is 10.5. The van der Waals surface area contributed by atoms with E-state index in [4.69, 9.17) is 9.84 Å². The summed E-state index contributed by atoms with van der Waals surface area (Å²) in [5.74, 6) is 0.682. The van der Waals surface area contributed by atoms with E-state index in [0.717, 1.165) is 12.2 Å². The molecule has 0 unspecified atom stereocenters. The predicted molar refractivity (Wildman–Crippen MR) is 67.3 cm³/mol. The summed E-state index contributed by atoms with van der Waals surface area (Å²) in [6.07, 6.45) is 1.77. The van der Waals surface area contributed by atoms with Gasteiger partial charge in [0, 0.05) is 6.42 Å². The first-order valence-corrected chi connectivity index (χ1v) is 6.01. The number of hydrogen-bond acceptors (Lipinski definition) is 2. The highest BCUT2D eigenvalue weighted by Crippen LogP contribution is 2.15. The smallest absolute Gasteiger partial charge is 0.303 e. The quantitative estimate of drug-likeness (QED) is 0.740. The highest BCUT2D eigenvalue weighted by molar-refractivity contribution is 5.66. The lowest BCUT2D eigenvalue weighted by atomic mass is 10.0. The Morgan fingerprint density at radius 1 is 1.29 bits per heavy atom. The average Bonchev–Trinajstić information content (AvgIpc) is 2.25. The third-order valence-corrected chi connectivity index (χ3v) is 2.37. The van der Waals surface area contributed by atoms with Crippen LogP contribution in [0.15, 0.2) is 24.3 Å². The Morgan fingerprint density at radius 2 is 1.94 bits per heavy atom. The maximum absolute atomic E-state index is 10.3. The second-order valence-corrected chi connectivity index (χ2v) is 4.59. The Hall–Kier alpha value is -1.51. The van der Waals surface area contributed by atoms with Crippen LogP contribution in [0.4, 0.5) is 0 Å². The van der Waals surface area contributed by atoms with E-state index < -0.39 is 5.97 Å². The van der Waals surface area contributed by atoms with Gasteiger partial charge in [-0.15, -0.1) is 0 Å². The number of benzene rings is 1. The summed E-state index contributed by atoms with van der Waals surface area (Å²) in [5.41, 5.74) is 1.30. The predicted octanol–water partition coefficient (Wildman–Crippen LogP) is 3.13. The van der Waals surface area contributed by atoms with Crippen LogP contribution in [0.25, 0.3) is 0 Å². The van der Waals surface area contributed by atoms with Crippen LogP contribution >= 0.6 is 0 Å². The molecule has 0 radical (unpaired) electrons. The molecule has 1 aromatic rings. The first kappa shape index (κ1) is 13.6. The van der Waals surface area contributed by atoms with Crippen molar-refractivity contribution >= 4 is 5.97 Å². The van der Waals surface area contributed by atoms with Crippen LogP contribution in [0.2, 0.25) is 0 Å². The average molecular weight is 236 g/mol. The second-order valence-electron chi connectivity index (χ2n) is 4.59. The molecular weight excluding hydrogens is 216 g/mol. The Labute approximate surface area is 102 Å². The molecule has 0 spiro atoms. The van der Waals surface area contributed by atoms with Crippen molar-refractivity contribution in [3.05, 3.63) is 29.8 Å². The zero-order valence-corrected chi connectivity index (χ0v) is 10.5. The lowest BCUT2D eigenvalue weighted by molar-refractivity contribution is -0.137. The van der Waals surface area contributed by atoms with Crippen molar-refractivity contribution in [1.29, 1.82) is 0 Å². The van der Waals surface area contributed by atoms with E-state index in [0.29, 0.717) is 18.9 Å². The first-order chi connectivity index (χ1) is 8.08. The lowest BCUT2D eigenvalue weighted by Gasteiger charge is -2.08. The van der Waals surface area contributed by atoms with E-state index in [1.54, 1.807) is 0 Å². The van der Waals surface area contributed by atoms with E-state index in [2.05, 4.69) is 26.0 Å². The van der Waals surface area contributed by atoms with Crippen molar-refractivity contribution in [2.45, 2.75) is 33.1 Å². The fourth-order valence-electron chi connectivity index (χ4n) is 1.61. The summed E-state index contributed by atoms with van der Waals surface area (Å²) < 4.78 is 5.45. The SMILES string of the molecule is CC(C)Cc1ccc(OCCCC(=O)O)cc1. The van der Waals surface area contributed by atoms with Crippen LogP contribution in [-0.2, 0) is 11.2 Å². The monoisotopic (exact) mass is 236 g/mol. The van der Waals surface area contributed by atoms with Crippen LogP contribution in [0, 0.1) is 5.92 Å². The molecular formula is C14H20O3. The molecule has 3 nitrogen and oxygen atoms in total. The van der Waals surface area contributed by atoms with Crippen LogP contribution in [-0.4, -0.2) is 17.7 Å². The van der Waals surface area contributed by atoms with E-state index >= 15 is 0 Å². The van der Waals surface area contributed by atoms with Gasteiger partial charge in [-0.2, -0.15) is 0 Å². The molecule has 0 bridgehead atoms. The minimum atomic E-state index is -0.777. The maximum atomic E-state index is 10.3. The molecule has 0 aliphatic heterocycles. The van der Waals surface area contributed by atoms with Crippen molar-refractivity contribution in [2.24, 2.45) is 5.92 Å². The highest BCUT2D eigenvalue weighted by atomic mass is 16.5. The number of rotatable bonds is 7. The standard InChI is InChI=1S/C14H20O3/c1-11(2)10-12-5-7-13(8-6-12)17-9-3-4-14(15)16/h5-8,11H,3-4,9-10H2,1-2H3,(H,15,16). The molecule has 1 aromatic carbocycles. The third kappa shape index (κ3) is 5.95. The number of carbonyl (C=O) groups is 1. The van der Waals surface area contributed by atoms with Gasteiger partial charge in [-0.1, -0.05) is 26.0 Å². The number of ether oxygens (including phenoxy) is 1. The van der Waals surface area contributed by atoms with Crippen molar-refractivity contribution in [3.8, 4) is 5.75 Å². The van der Waals surface area contributed by atoms with Gasteiger partial charge in [-0.05, 0) is 36.5 Å². The molecule has 3 heteroatoms. The zero-order chi connectivity index (χ0) is 12.7. The lowest BCUT2D eigenvalue weighted by Crippen LogP contribution is -2.02. The molecule has 0 amide bonds. The summed E-state index contributed by atoms with van der Waals surface area (Å²) in [4.78, 5) is 10.3. The molecule has 1 N–H and O–H groups in total. The van der Waals surface area contributed by atoms with Gasteiger partial charge in [-0.3, -0.25) is 4.79 Å². The van der Waals surface area contributed by atoms with Crippen molar-refractivity contribution in [2.75, 3.05) is 6.61 Å². The minimum absolute atomic E-state index is 0.158. The molecule has 0 saturated carbocycles. The Balaban J connectivity index is 2.32. The van der Waals surface area contributed by atoms with Crippen molar-refractivity contribution in [3.63, 3.8) is 0 Å². The summed E-state index contributed by atoms with van der Waals surface area (Å²) in [6, 6.07) is 8.01. The third-order valence-electron chi connectivity index (χ3n) is 2.37. The molecule has 0 aliphatic rings. The molecule has 0 aromatic heterocycles. The normalized spacial score (nSPS) is 10.5. The molecule has 0 atom stereocenters. The van der Waals surface area contributed by atoms with Crippen LogP contribution in [0.3, 0.4) is 0 Å². The summed E-state index contributed by atoms with van der Waals surface area (Å²) >= 11 is 0. The van der Waals surface area contributed by atoms with Gasteiger partial charge in [0.15, 0.2) is 0 Å². The highest BCUT2D eigenvalue weighted by Gasteiger charge is 2.00. The van der Waals surface area contributed by atoms with E-state index in [1.807, 2.05) is 12.1 Å². The van der Waals surface area contributed by atoms with Gasteiger partial charge in [-0.25, -0.2) is 0 Å². The minimum Gasteiger partial charge on any atom is -0.494 e. The Bertz CT molecular complexity index is 341. The Kier molecular flexibility index (Phi) is 5.53. The maximum Gasteiger partial charge on any atom is 0.303 e. The van der Waals surface area contributed by atoms with Gasteiger partial charge in [0.05, 0.1) is 6.61 Å². The number of aliphatic carboxylic acids is 1. The summed E-state index contributed by atoms with van der Waals surface area (Å²) in [7, 11) is 0. The molecule has 94 valence electrons. The largest absolute Gasteiger partial charge is 0.494 e. The first-order valence-electron chi connectivity index (χ1n) is 6.01. The molecule has 0 saturated heterocycles. The fraction of sp³-hybridized carbons (Fsp3) is 0.500. The van der Waals surface area contributed by atoms with Crippen LogP contribution in [0.5, 0.6) is 5.75 Å². The summed E-state index contributed by atoms with van der Waals surface area (Å²) in [5, 5.41) is 8.48. The van der Waals surface area contributed by atoms with Gasteiger partial charge in [0.2, 0.25) is 0 Å². The Morgan fingerprint density at radius 3 is 2.47 bits per heavy atom. The van der Waals surface area contributed by atoms with Crippen molar-refractivity contribution in [1.82, 2.24) is 0 Å². The fourth-order valence-corrected chi connectivity index (χ4v) is 1.61. The van der Waals surface area contributed by atoms with Crippen LogP contribution in [0.1, 0.15) is 32.3 Å². The van der Waals surface area contributed by atoms with Gasteiger partial charge in [0.25, 0.3) is 0 Å². The number of carboxylic acid groups (broad SMARTS) is 1. The number of hydrogen-bond donors (Lipinski definition) is 1. The molecule has 0 aliphatic carbocycles. The van der Waals surface area contributed by atoms with E-state index in [9.17, 15) is 4.79 Å². The molecule has 1 rings (SSSR count). The number of carboxylic acids is 1. The van der Waals surface area contributed by atoms with Gasteiger partial charge < -0.3 is 9.84 Å². The molecule has 0 heterocycles. The van der Waals surface area contributed by atoms with Crippen LogP contribution < -0.4 is 4.74 Å². The van der Waals surface area contributed by atoms with E-state index in [1.165, 1.54) is 5.56 Å². The van der Waals surface area contributed by atoms with E-state index in [-0.39, 0.29) is 6.42 Å². The topological polar surface area (TPSA) is 46.5 Å². The summed E-state index contributed by atoms with van der Waals surface area (Å²) in [6.45, 7) is 4.84.